The van der Waals surface area contributed by atoms with E-state index in [1.165, 1.54) is 11.0 Å². The second-order valence-corrected chi connectivity index (χ2v) is 6.87. The number of hydrogen-bond donors (Lipinski definition) is 0. The number of halogens is 3. The van der Waals surface area contributed by atoms with Gasteiger partial charge in [0, 0.05) is 18.9 Å². The van der Waals surface area contributed by atoms with Crippen LogP contribution in [0.25, 0.3) is 0 Å². The maximum Gasteiger partial charge on any atom is 0.302 e. The summed E-state index contributed by atoms with van der Waals surface area (Å²) in [6.07, 6.45) is -0.0527. The molecule has 0 aromatic carbocycles. The topological polar surface area (TPSA) is 67.3 Å². The van der Waals surface area contributed by atoms with Crippen LogP contribution in [0.4, 0.5) is 9.70 Å². The number of carbonyl (C=O) groups is 1. The number of anilines is 1. The molecule has 20 heavy (non-hydrogen) atoms. The van der Waals surface area contributed by atoms with Crippen LogP contribution in [0.15, 0.2) is 6.07 Å². The first-order valence-corrected chi connectivity index (χ1v) is 8.03. The van der Waals surface area contributed by atoms with E-state index in [-0.39, 0.29) is 29.7 Å². The minimum absolute atomic E-state index is 0.0527. The van der Waals surface area contributed by atoms with E-state index in [2.05, 4.69) is 4.98 Å². The summed E-state index contributed by atoms with van der Waals surface area (Å²) >= 11 is 11.9. The van der Waals surface area contributed by atoms with Gasteiger partial charge < -0.3 is 0 Å². The van der Waals surface area contributed by atoms with Crippen LogP contribution >= 0.6 is 23.2 Å². The number of carbonyl (C=O) groups excluding carboxylic acids is 1. The summed E-state index contributed by atoms with van der Waals surface area (Å²) < 4.78 is 34.0. The minimum Gasteiger partial charge on any atom is -0.295 e. The van der Waals surface area contributed by atoms with E-state index in [4.69, 9.17) is 23.2 Å². The van der Waals surface area contributed by atoms with Gasteiger partial charge in [-0.25, -0.2) is 4.98 Å². The second-order valence-electron chi connectivity index (χ2n) is 4.64. The number of amides is 1. The monoisotopic (exact) mass is 340 g/mol. The third-order valence-corrected chi connectivity index (χ3v) is 4.51. The molecule has 9 heteroatoms. The van der Waals surface area contributed by atoms with Crippen molar-refractivity contribution in [3.8, 4) is 0 Å². The van der Waals surface area contributed by atoms with E-state index < -0.39 is 21.9 Å². The molecule has 1 unspecified atom stereocenters. The van der Waals surface area contributed by atoms with Gasteiger partial charge in [-0.3, -0.25) is 9.69 Å². The second kappa shape index (κ2) is 5.46. The number of pyridine rings is 1. The standard InChI is InChI=1S/C11H11Cl2FN2O3S/c1-6-8(12)3-9(13)11(15-6)16-4-7(2-10(16)17)5-20(14,18)19/h3,7H,2,4-5H2,1H3. The van der Waals surface area contributed by atoms with Crippen molar-refractivity contribution in [1.29, 1.82) is 0 Å². The van der Waals surface area contributed by atoms with E-state index >= 15 is 0 Å². The number of hydrogen-bond acceptors (Lipinski definition) is 4. The van der Waals surface area contributed by atoms with Crippen LogP contribution in [0.3, 0.4) is 0 Å². The highest BCUT2D eigenvalue weighted by Crippen LogP contribution is 2.32. The fourth-order valence-electron chi connectivity index (χ4n) is 2.11. The number of nitrogens with zero attached hydrogens (tertiary/aromatic N) is 2. The van der Waals surface area contributed by atoms with Gasteiger partial charge in [0.05, 0.1) is 21.5 Å². The predicted octanol–water partition coefficient (Wildman–Crippen LogP) is 2.35. The van der Waals surface area contributed by atoms with Crippen LogP contribution in [0.1, 0.15) is 12.1 Å². The third-order valence-electron chi connectivity index (χ3n) is 2.98. The van der Waals surface area contributed by atoms with Gasteiger partial charge in [0.2, 0.25) is 5.91 Å². The Morgan fingerprint density at radius 1 is 1.45 bits per heavy atom. The molecule has 0 N–H and O–H groups in total. The zero-order valence-electron chi connectivity index (χ0n) is 10.4. The molecule has 1 amide bonds. The molecule has 5 nitrogen and oxygen atoms in total. The first-order valence-electron chi connectivity index (χ1n) is 5.72. The number of rotatable bonds is 3. The Labute approximate surface area is 125 Å². The fourth-order valence-corrected chi connectivity index (χ4v) is 3.36. The molecule has 0 spiro atoms. The SMILES string of the molecule is Cc1nc(N2CC(CS(=O)(=O)F)CC2=O)c(Cl)cc1Cl. The molecule has 2 heterocycles. The fraction of sp³-hybridized carbons (Fsp3) is 0.455. The quantitative estimate of drug-likeness (QED) is 0.792. The Hall–Kier alpha value is -0.920. The number of aryl methyl sites for hydroxylation is 1. The molecule has 1 aromatic rings. The first-order chi connectivity index (χ1) is 9.17. The van der Waals surface area contributed by atoms with Crippen molar-refractivity contribution in [2.45, 2.75) is 13.3 Å². The molecule has 0 radical (unpaired) electrons. The van der Waals surface area contributed by atoms with E-state index in [0.717, 1.165) is 0 Å². The molecule has 1 aromatic heterocycles. The zero-order valence-corrected chi connectivity index (χ0v) is 12.8. The lowest BCUT2D eigenvalue weighted by Crippen LogP contribution is -2.27. The smallest absolute Gasteiger partial charge is 0.295 e. The molecule has 1 aliphatic heterocycles. The lowest BCUT2D eigenvalue weighted by atomic mass is 10.1. The van der Waals surface area contributed by atoms with Crippen LogP contribution in [0.5, 0.6) is 0 Å². The van der Waals surface area contributed by atoms with Crippen molar-refractivity contribution < 1.29 is 17.1 Å². The van der Waals surface area contributed by atoms with Gasteiger partial charge in [-0.2, -0.15) is 8.42 Å². The summed E-state index contributed by atoms with van der Waals surface area (Å²) in [5.41, 5.74) is 0.500. The van der Waals surface area contributed by atoms with Crippen LogP contribution in [-0.4, -0.2) is 31.6 Å². The maximum atomic E-state index is 12.7. The zero-order chi connectivity index (χ0) is 15.1. The van der Waals surface area contributed by atoms with Crippen molar-refractivity contribution in [2.24, 2.45) is 5.92 Å². The largest absolute Gasteiger partial charge is 0.302 e. The summed E-state index contributed by atoms with van der Waals surface area (Å²) in [6, 6.07) is 1.47. The van der Waals surface area contributed by atoms with E-state index in [9.17, 15) is 17.1 Å². The van der Waals surface area contributed by atoms with E-state index in [0.29, 0.717) is 10.7 Å². The van der Waals surface area contributed by atoms with Crippen molar-refractivity contribution in [3.05, 3.63) is 21.8 Å². The van der Waals surface area contributed by atoms with Crippen LogP contribution in [0, 0.1) is 12.8 Å². The Kier molecular flexibility index (Phi) is 4.22. The average molecular weight is 341 g/mol. The van der Waals surface area contributed by atoms with Crippen molar-refractivity contribution in [1.82, 2.24) is 4.98 Å². The number of aromatic nitrogens is 1. The molecular weight excluding hydrogens is 330 g/mol. The Balaban J connectivity index is 2.26. The van der Waals surface area contributed by atoms with Crippen molar-refractivity contribution in [3.63, 3.8) is 0 Å². The molecule has 2 rings (SSSR count). The molecular formula is C11H11Cl2FN2O3S. The minimum atomic E-state index is -4.61. The molecule has 1 fully saturated rings. The average Bonchev–Trinajstić information content (AvgIpc) is 2.62. The highest BCUT2D eigenvalue weighted by atomic mass is 35.5. The molecule has 0 aliphatic carbocycles. The van der Waals surface area contributed by atoms with Crippen LogP contribution < -0.4 is 4.90 Å². The predicted molar refractivity (Wildman–Crippen MR) is 74.3 cm³/mol. The van der Waals surface area contributed by atoms with Crippen molar-refractivity contribution in [2.75, 3.05) is 17.2 Å². The summed E-state index contributed by atoms with van der Waals surface area (Å²) in [5, 5.41) is 0.561. The summed E-state index contributed by atoms with van der Waals surface area (Å²) in [6.45, 7) is 1.72. The first kappa shape index (κ1) is 15.5. The van der Waals surface area contributed by atoms with E-state index in [1.54, 1.807) is 6.92 Å². The molecule has 0 bridgehead atoms. The summed E-state index contributed by atoms with van der Waals surface area (Å²) in [5.74, 6) is -1.40. The molecule has 0 saturated carbocycles. The highest BCUT2D eigenvalue weighted by molar-refractivity contribution is 7.86. The Bertz CT molecular complexity index is 666. The highest BCUT2D eigenvalue weighted by Gasteiger charge is 2.35. The molecule has 110 valence electrons. The van der Waals surface area contributed by atoms with E-state index in [1.807, 2.05) is 0 Å². The maximum absolute atomic E-state index is 12.7. The van der Waals surface area contributed by atoms with Gasteiger partial charge in [-0.1, -0.05) is 23.2 Å². The Morgan fingerprint density at radius 2 is 2.10 bits per heavy atom. The van der Waals surface area contributed by atoms with Gasteiger partial charge in [-0.15, -0.1) is 3.89 Å². The normalized spacial score (nSPS) is 19.7. The van der Waals surface area contributed by atoms with Gasteiger partial charge >= 0.3 is 10.2 Å². The van der Waals surface area contributed by atoms with Gasteiger partial charge in [-0.05, 0) is 13.0 Å². The lowest BCUT2D eigenvalue weighted by molar-refractivity contribution is -0.117. The van der Waals surface area contributed by atoms with Crippen LogP contribution in [0.2, 0.25) is 10.0 Å². The van der Waals surface area contributed by atoms with Gasteiger partial charge in [0.25, 0.3) is 0 Å². The van der Waals surface area contributed by atoms with Gasteiger partial charge in [0.1, 0.15) is 0 Å². The van der Waals surface area contributed by atoms with Gasteiger partial charge in [0.15, 0.2) is 5.82 Å². The Morgan fingerprint density at radius 3 is 2.70 bits per heavy atom. The van der Waals surface area contributed by atoms with Crippen LogP contribution in [-0.2, 0) is 15.0 Å². The molecule has 1 aliphatic rings. The summed E-state index contributed by atoms with van der Waals surface area (Å²) in [4.78, 5) is 17.3. The molecule has 1 saturated heterocycles. The third kappa shape index (κ3) is 3.39. The summed E-state index contributed by atoms with van der Waals surface area (Å²) in [7, 11) is -4.61. The van der Waals surface area contributed by atoms with Crippen molar-refractivity contribution >= 4 is 45.2 Å². The lowest BCUT2D eigenvalue weighted by Gasteiger charge is -2.17. The molecule has 1 atom stereocenters.